The van der Waals surface area contributed by atoms with Crippen LogP contribution in [0.2, 0.25) is 10.3 Å². The summed E-state index contributed by atoms with van der Waals surface area (Å²) in [4.78, 5) is 16.2. The molecule has 1 fully saturated rings. The van der Waals surface area contributed by atoms with Crippen molar-refractivity contribution in [3.8, 4) is 11.1 Å². The Bertz CT molecular complexity index is 1560. The largest absolute Gasteiger partial charge is 0.392 e. The molecule has 5 rings (SSSR count). The van der Waals surface area contributed by atoms with Crippen LogP contribution in [-0.2, 0) is 34.0 Å². The molecule has 43 heavy (non-hydrogen) atoms. The van der Waals surface area contributed by atoms with E-state index in [1.807, 2.05) is 72.8 Å². The van der Waals surface area contributed by atoms with Crippen LogP contribution in [0.1, 0.15) is 41.6 Å². The second kappa shape index (κ2) is 13.8. The Morgan fingerprint density at radius 2 is 1.65 bits per heavy atom. The number of carbonyl (C=O) groups excluding carboxylic acids is 1. The van der Waals surface area contributed by atoms with E-state index in [1.54, 1.807) is 10.9 Å². The Morgan fingerprint density at radius 3 is 2.28 bits per heavy atom. The number of hydrogen-bond donors (Lipinski definition) is 2. The number of alkyl halides is 3. The van der Waals surface area contributed by atoms with Crippen molar-refractivity contribution in [2.24, 2.45) is 5.92 Å². The van der Waals surface area contributed by atoms with Crippen LogP contribution in [0.25, 0.3) is 11.1 Å². The number of hydrogen-bond acceptors (Lipinski definition) is 5. The molecule has 1 aliphatic rings. The Hall–Kier alpha value is -2.33. The first-order valence-corrected chi connectivity index (χ1v) is 15.3. The number of rotatable bonds is 8. The monoisotopic (exact) mass is 681 g/mol. The second-order valence-corrected chi connectivity index (χ2v) is 13.3. The molecular weight excluding hydrogens is 656 g/mol. The van der Waals surface area contributed by atoms with Crippen LogP contribution >= 0.6 is 58.0 Å². The van der Waals surface area contributed by atoms with Gasteiger partial charge in [0.2, 0.25) is 0 Å². The number of halogens is 5. The number of benzene rings is 3. The number of ether oxygens (including phenoxy) is 2. The lowest BCUT2D eigenvalue weighted by Gasteiger charge is -2.41. The summed E-state index contributed by atoms with van der Waals surface area (Å²) in [6.07, 6.45) is 0.342. The van der Waals surface area contributed by atoms with E-state index < -0.39 is 16.0 Å². The average Bonchev–Trinajstić information content (AvgIpc) is 3.33. The smallest absolute Gasteiger partial charge is 0.272 e. The minimum absolute atomic E-state index is 0.0373. The third-order valence-electron chi connectivity index (χ3n) is 7.44. The summed E-state index contributed by atoms with van der Waals surface area (Å²) in [6, 6.07) is 23.2. The highest BCUT2D eigenvalue weighted by Gasteiger charge is 2.39. The molecule has 1 amide bonds. The number of nitrogens with zero attached hydrogens (tertiary/aromatic N) is 2. The van der Waals surface area contributed by atoms with E-state index >= 15 is 0 Å². The number of nitrogens with one attached hydrogen (secondary N) is 1. The summed E-state index contributed by atoms with van der Waals surface area (Å²) in [6.45, 7) is 2.65. The van der Waals surface area contributed by atoms with Gasteiger partial charge in [-0.15, -0.1) is 0 Å². The Morgan fingerprint density at radius 1 is 0.977 bits per heavy atom. The topological polar surface area (TPSA) is 85.6 Å². The molecule has 2 N–H and O–H groups in total. The molecule has 0 saturated carbocycles. The predicted molar refractivity (Wildman–Crippen MR) is 169 cm³/mol. The summed E-state index contributed by atoms with van der Waals surface area (Å²) in [5, 5.41) is 12.7. The van der Waals surface area contributed by atoms with E-state index in [-0.39, 0.29) is 36.4 Å². The van der Waals surface area contributed by atoms with Crippen LogP contribution < -0.4 is 5.32 Å². The summed E-state index contributed by atoms with van der Waals surface area (Å²) >= 11 is 29.6. The average molecular weight is 684 g/mol. The van der Waals surface area contributed by atoms with E-state index in [0.29, 0.717) is 11.7 Å². The molecular formula is C31H28Cl5N3O4. The zero-order chi connectivity index (χ0) is 30.7. The first kappa shape index (κ1) is 32.1. The van der Waals surface area contributed by atoms with E-state index in [9.17, 15) is 9.90 Å². The van der Waals surface area contributed by atoms with Gasteiger partial charge in [0, 0.05) is 18.0 Å². The summed E-state index contributed by atoms with van der Waals surface area (Å²) in [5.41, 5.74) is 5.33. The van der Waals surface area contributed by atoms with Gasteiger partial charge in [-0.1, -0.05) is 138 Å². The first-order valence-electron chi connectivity index (χ1n) is 13.4. The van der Waals surface area contributed by atoms with Gasteiger partial charge in [0.15, 0.2) is 11.4 Å². The normalized spacial score (nSPS) is 20.6. The molecule has 4 atom stereocenters. The quantitative estimate of drug-likeness (QED) is 0.185. The van der Waals surface area contributed by atoms with Crippen molar-refractivity contribution in [3.05, 3.63) is 112 Å². The van der Waals surface area contributed by atoms with Gasteiger partial charge in [-0.25, -0.2) is 4.98 Å². The SMILES string of the molecule is C[C@@H]1[C@H](Cn2cnc(Cl)c2Cl)O[C@H](c2ccc(-c3ccccc3CNC(=O)C(Cl)(Cl)Cl)cc2)O[C@@H]1c1ccc(CO)cc1. The number of aliphatic hydroxyl groups is 1. The van der Waals surface area contributed by atoms with Crippen LogP contribution in [0.5, 0.6) is 0 Å². The highest BCUT2D eigenvalue weighted by atomic mass is 35.6. The fourth-order valence-corrected chi connectivity index (χ4v) is 5.56. The summed E-state index contributed by atoms with van der Waals surface area (Å²) < 4.78 is 12.8. The molecule has 3 aromatic carbocycles. The maximum atomic E-state index is 12.1. The van der Waals surface area contributed by atoms with Crippen molar-refractivity contribution in [2.75, 3.05) is 0 Å². The first-order chi connectivity index (χ1) is 20.5. The van der Waals surface area contributed by atoms with Crippen molar-refractivity contribution in [2.45, 2.75) is 48.9 Å². The Labute approximate surface area is 274 Å². The second-order valence-electron chi connectivity index (χ2n) is 10.3. The molecule has 1 saturated heterocycles. The number of carbonyl (C=O) groups is 1. The zero-order valence-corrected chi connectivity index (χ0v) is 26.7. The van der Waals surface area contributed by atoms with Gasteiger partial charge in [0.1, 0.15) is 5.15 Å². The zero-order valence-electron chi connectivity index (χ0n) is 22.9. The molecule has 4 aromatic rings. The summed E-state index contributed by atoms with van der Waals surface area (Å²) in [5.74, 6) is -0.750. The van der Waals surface area contributed by atoms with Gasteiger partial charge >= 0.3 is 0 Å². The van der Waals surface area contributed by atoms with Gasteiger partial charge in [-0.3, -0.25) is 4.79 Å². The Balaban J connectivity index is 1.40. The van der Waals surface area contributed by atoms with E-state index in [2.05, 4.69) is 17.2 Å². The molecule has 12 heteroatoms. The number of amides is 1. The molecule has 2 heterocycles. The van der Waals surface area contributed by atoms with Crippen LogP contribution in [0.4, 0.5) is 0 Å². The molecule has 7 nitrogen and oxygen atoms in total. The highest BCUT2D eigenvalue weighted by molar-refractivity contribution is 6.76. The molecule has 1 aromatic heterocycles. The highest BCUT2D eigenvalue weighted by Crippen LogP contribution is 2.43. The summed E-state index contributed by atoms with van der Waals surface area (Å²) in [7, 11) is 0. The molecule has 0 aliphatic carbocycles. The van der Waals surface area contributed by atoms with Gasteiger partial charge in [0.05, 0.1) is 31.7 Å². The van der Waals surface area contributed by atoms with Gasteiger partial charge in [-0.05, 0) is 27.8 Å². The minimum atomic E-state index is -2.04. The fraction of sp³-hybridized carbons (Fsp3) is 0.290. The fourth-order valence-electron chi connectivity index (χ4n) is 5.04. The number of aliphatic hydroxyl groups excluding tert-OH is 1. The molecule has 226 valence electrons. The lowest BCUT2D eigenvalue weighted by atomic mass is 9.90. The van der Waals surface area contributed by atoms with Crippen LogP contribution in [-0.4, -0.2) is 30.5 Å². The van der Waals surface area contributed by atoms with Crippen molar-refractivity contribution in [1.82, 2.24) is 14.9 Å². The minimum Gasteiger partial charge on any atom is -0.392 e. The van der Waals surface area contributed by atoms with Crippen molar-refractivity contribution in [1.29, 1.82) is 0 Å². The van der Waals surface area contributed by atoms with E-state index in [1.165, 1.54) is 0 Å². The molecule has 0 bridgehead atoms. The van der Waals surface area contributed by atoms with Crippen molar-refractivity contribution < 1.29 is 19.4 Å². The lowest BCUT2D eigenvalue weighted by molar-refractivity contribution is -0.276. The van der Waals surface area contributed by atoms with Crippen LogP contribution in [0, 0.1) is 5.92 Å². The maximum Gasteiger partial charge on any atom is 0.272 e. The number of aromatic nitrogens is 2. The molecule has 0 radical (unpaired) electrons. The number of imidazole rings is 1. The lowest BCUT2D eigenvalue weighted by Crippen LogP contribution is -2.39. The third kappa shape index (κ3) is 7.49. The van der Waals surface area contributed by atoms with Gasteiger partial charge in [-0.2, -0.15) is 0 Å². The molecule has 0 spiro atoms. The van der Waals surface area contributed by atoms with Crippen LogP contribution in [0.15, 0.2) is 79.1 Å². The Kier molecular flexibility index (Phi) is 10.3. The molecule has 0 unspecified atom stereocenters. The van der Waals surface area contributed by atoms with Crippen LogP contribution in [0.3, 0.4) is 0 Å². The standard InChI is InChI=1S/C31H28Cl5N3O4/c1-18-25(15-39-17-38-27(32)28(39)33)42-29(43-26(18)21-8-6-19(16-40)7-9-21)22-12-10-20(11-13-22)24-5-3-2-4-23(24)14-37-30(41)31(34,35)36/h2-13,17-18,25-26,29,40H,14-16H2,1H3,(H,37,41)/t18-,25+,26+,29+/m1/s1. The predicted octanol–water partition coefficient (Wildman–Crippen LogP) is 7.83. The van der Waals surface area contributed by atoms with Crippen molar-refractivity contribution in [3.63, 3.8) is 0 Å². The maximum absolute atomic E-state index is 12.1. The van der Waals surface area contributed by atoms with E-state index in [4.69, 9.17) is 67.5 Å². The molecule has 1 aliphatic heterocycles. The van der Waals surface area contributed by atoms with Crippen molar-refractivity contribution >= 4 is 63.9 Å². The van der Waals surface area contributed by atoms with E-state index in [0.717, 1.165) is 33.4 Å². The van der Waals surface area contributed by atoms with Gasteiger partial charge < -0.3 is 24.5 Å². The third-order valence-corrected chi connectivity index (χ3v) is 8.73. The van der Waals surface area contributed by atoms with Gasteiger partial charge in [0.25, 0.3) is 9.70 Å².